The van der Waals surface area contributed by atoms with Crippen molar-refractivity contribution in [2.24, 2.45) is 5.92 Å². The maximum Gasteiger partial charge on any atom is 0.232 e. The van der Waals surface area contributed by atoms with Gasteiger partial charge < -0.3 is 9.64 Å². The van der Waals surface area contributed by atoms with Crippen LogP contribution in [0.15, 0.2) is 48.5 Å². The summed E-state index contributed by atoms with van der Waals surface area (Å²) in [6.45, 7) is 1.95. The first-order chi connectivity index (χ1) is 10.1. The van der Waals surface area contributed by atoms with E-state index in [1.165, 1.54) is 0 Å². The normalized spacial score (nSPS) is 21.1. The number of amides is 1. The van der Waals surface area contributed by atoms with Gasteiger partial charge in [-0.25, -0.2) is 0 Å². The van der Waals surface area contributed by atoms with Gasteiger partial charge in [-0.15, -0.1) is 0 Å². The highest BCUT2D eigenvalue weighted by Crippen LogP contribution is 2.43. The molecular weight excluding hydrogens is 286 g/mol. The number of halogens is 1. The third-order valence-electron chi connectivity index (χ3n) is 3.92. The average molecular weight is 302 g/mol. The summed E-state index contributed by atoms with van der Waals surface area (Å²) in [4.78, 5) is 14.1. The van der Waals surface area contributed by atoms with Crippen molar-refractivity contribution >= 4 is 23.2 Å². The zero-order valence-electron chi connectivity index (χ0n) is 11.9. The molecule has 3 rings (SSSR count). The number of benzene rings is 2. The second kappa shape index (κ2) is 5.41. The van der Waals surface area contributed by atoms with Gasteiger partial charge in [-0.2, -0.15) is 0 Å². The predicted octanol–water partition coefficient (Wildman–Crippen LogP) is 4.07. The number of methoxy groups -OCH3 is 1. The summed E-state index contributed by atoms with van der Waals surface area (Å²) in [5, 5.41) is 0.689. The minimum absolute atomic E-state index is 0.0320. The number of carbonyl (C=O) groups is 1. The first-order valence-corrected chi connectivity index (χ1v) is 7.22. The minimum atomic E-state index is -0.0365. The van der Waals surface area contributed by atoms with Crippen molar-refractivity contribution < 1.29 is 9.53 Å². The first kappa shape index (κ1) is 14.0. The van der Waals surface area contributed by atoms with Crippen LogP contribution in [0.25, 0.3) is 0 Å². The largest absolute Gasteiger partial charge is 0.497 e. The van der Waals surface area contributed by atoms with Crippen LogP contribution in [0.4, 0.5) is 5.69 Å². The summed E-state index contributed by atoms with van der Waals surface area (Å²) in [7, 11) is 1.63. The Morgan fingerprint density at radius 1 is 1.14 bits per heavy atom. The summed E-state index contributed by atoms with van der Waals surface area (Å²) >= 11 is 6.07. The van der Waals surface area contributed by atoms with E-state index in [-0.39, 0.29) is 17.9 Å². The van der Waals surface area contributed by atoms with Gasteiger partial charge in [0.05, 0.1) is 19.1 Å². The molecule has 3 nitrogen and oxygen atoms in total. The number of nitrogens with zero attached hydrogens (tertiary/aromatic N) is 1. The van der Waals surface area contributed by atoms with Gasteiger partial charge in [0.1, 0.15) is 5.75 Å². The summed E-state index contributed by atoms with van der Waals surface area (Å²) in [5.41, 5.74) is 1.94. The van der Waals surface area contributed by atoms with Gasteiger partial charge in [0.2, 0.25) is 5.91 Å². The lowest BCUT2D eigenvalue weighted by atomic mass is 9.83. The molecule has 1 fully saturated rings. The number of ether oxygens (including phenoxy) is 1. The number of anilines is 1. The molecule has 0 saturated carbocycles. The maximum absolute atomic E-state index is 12.2. The Labute approximate surface area is 129 Å². The van der Waals surface area contributed by atoms with E-state index in [0.29, 0.717) is 5.02 Å². The topological polar surface area (TPSA) is 29.5 Å². The third-order valence-corrected chi connectivity index (χ3v) is 4.15. The number of rotatable bonds is 3. The van der Waals surface area contributed by atoms with Crippen LogP contribution in [0.5, 0.6) is 5.75 Å². The molecule has 2 aromatic rings. The average Bonchev–Trinajstić information content (AvgIpc) is 2.51. The maximum atomic E-state index is 12.2. The molecule has 0 spiro atoms. The van der Waals surface area contributed by atoms with Gasteiger partial charge in [-0.3, -0.25) is 4.79 Å². The van der Waals surface area contributed by atoms with Crippen molar-refractivity contribution in [3.8, 4) is 5.75 Å². The quantitative estimate of drug-likeness (QED) is 0.800. The fourth-order valence-electron chi connectivity index (χ4n) is 2.79. The predicted molar refractivity (Wildman–Crippen MR) is 83.8 cm³/mol. The molecule has 1 amide bonds. The molecule has 0 N–H and O–H groups in total. The smallest absolute Gasteiger partial charge is 0.232 e. The molecule has 0 aromatic heterocycles. The van der Waals surface area contributed by atoms with E-state index in [2.05, 4.69) is 0 Å². The minimum Gasteiger partial charge on any atom is -0.497 e. The van der Waals surface area contributed by atoms with Crippen LogP contribution in [-0.2, 0) is 4.79 Å². The summed E-state index contributed by atoms with van der Waals surface area (Å²) in [6, 6.07) is 15.3. The highest BCUT2D eigenvalue weighted by atomic mass is 35.5. The van der Waals surface area contributed by atoms with Crippen LogP contribution < -0.4 is 9.64 Å². The Kier molecular flexibility index (Phi) is 3.60. The molecular formula is C17H16ClNO2. The lowest BCUT2D eigenvalue weighted by Crippen LogP contribution is -2.54. The molecule has 1 heterocycles. The van der Waals surface area contributed by atoms with Crippen molar-refractivity contribution in [2.75, 3.05) is 12.0 Å². The van der Waals surface area contributed by atoms with Crippen molar-refractivity contribution in [3.05, 3.63) is 59.1 Å². The van der Waals surface area contributed by atoms with Crippen LogP contribution in [0.3, 0.4) is 0 Å². The van der Waals surface area contributed by atoms with Crippen molar-refractivity contribution in [1.82, 2.24) is 0 Å². The van der Waals surface area contributed by atoms with Crippen molar-refractivity contribution in [1.29, 1.82) is 0 Å². The monoisotopic (exact) mass is 301 g/mol. The van der Waals surface area contributed by atoms with E-state index in [9.17, 15) is 4.79 Å². The molecule has 2 unspecified atom stereocenters. The Morgan fingerprint density at radius 3 is 2.48 bits per heavy atom. The molecule has 2 atom stereocenters. The molecule has 4 heteroatoms. The lowest BCUT2D eigenvalue weighted by molar-refractivity contribution is -0.129. The van der Waals surface area contributed by atoms with Crippen LogP contribution in [-0.4, -0.2) is 13.0 Å². The molecule has 1 saturated heterocycles. The molecule has 0 bridgehead atoms. The standard InChI is InChI=1S/C17H16ClNO2/c1-11-16(12-4-3-5-13(18)10-12)19(17(11)20)14-6-8-15(21-2)9-7-14/h3-11,16H,1-2H3. The SMILES string of the molecule is COc1ccc(N2C(=O)C(C)C2c2cccc(Cl)c2)cc1. The van der Waals surface area contributed by atoms with E-state index >= 15 is 0 Å². The number of hydrogen-bond acceptors (Lipinski definition) is 2. The molecule has 0 aliphatic carbocycles. The van der Waals surface area contributed by atoms with Gasteiger partial charge in [-0.1, -0.05) is 30.7 Å². The first-order valence-electron chi connectivity index (χ1n) is 6.84. The Hall–Kier alpha value is -2.00. The Morgan fingerprint density at radius 2 is 1.86 bits per heavy atom. The van der Waals surface area contributed by atoms with Gasteiger partial charge in [0, 0.05) is 10.7 Å². The van der Waals surface area contributed by atoms with Crippen LogP contribution in [0, 0.1) is 5.92 Å². The van der Waals surface area contributed by atoms with Gasteiger partial charge in [0.15, 0.2) is 0 Å². The summed E-state index contributed by atoms with van der Waals surface area (Å²) in [5.74, 6) is 0.870. The molecule has 21 heavy (non-hydrogen) atoms. The van der Waals surface area contributed by atoms with Gasteiger partial charge >= 0.3 is 0 Å². The Bertz CT molecular complexity index is 669. The highest BCUT2D eigenvalue weighted by Gasteiger charge is 2.45. The Balaban J connectivity index is 1.94. The molecule has 1 aliphatic heterocycles. The third kappa shape index (κ3) is 2.38. The number of hydrogen-bond donors (Lipinski definition) is 0. The fraction of sp³-hybridized carbons (Fsp3) is 0.235. The van der Waals surface area contributed by atoms with Crippen LogP contribution in [0.1, 0.15) is 18.5 Å². The van der Waals surface area contributed by atoms with E-state index in [0.717, 1.165) is 17.0 Å². The van der Waals surface area contributed by atoms with E-state index in [1.807, 2.05) is 60.4 Å². The fourth-order valence-corrected chi connectivity index (χ4v) is 2.99. The molecule has 1 aliphatic rings. The van der Waals surface area contributed by atoms with E-state index in [1.54, 1.807) is 7.11 Å². The second-order valence-electron chi connectivity index (χ2n) is 5.19. The van der Waals surface area contributed by atoms with Crippen LogP contribution >= 0.6 is 11.6 Å². The van der Waals surface area contributed by atoms with E-state index < -0.39 is 0 Å². The molecule has 2 aromatic carbocycles. The zero-order chi connectivity index (χ0) is 15.0. The lowest BCUT2D eigenvalue weighted by Gasteiger charge is -2.46. The number of β-lactam (4-membered cyclic amide) rings is 1. The summed E-state index contributed by atoms with van der Waals surface area (Å²) < 4.78 is 5.15. The zero-order valence-corrected chi connectivity index (χ0v) is 12.7. The van der Waals surface area contributed by atoms with Crippen molar-refractivity contribution in [2.45, 2.75) is 13.0 Å². The van der Waals surface area contributed by atoms with Gasteiger partial charge in [-0.05, 0) is 42.0 Å². The summed E-state index contributed by atoms with van der Waals surface area (Å²) in [6.07, 6.45) is 0. The number of carbonyl (C=O) groups excluding carboxylic acids is 1. The second-order valence-corrected chi connectivity index (χ2v) is 5.63. The highest BCUT2D eigenvalue weighted by molar-refractivity contribution is 6.30. The molecule has 0 radical (unpaired) electrons. The van der Waals surface area contributed by atoms with Crippen molar-refractivity contribution in [3.63, 3.8) is 0 Å². The van der Waals surface area contributed by atoms with Gasteiger partial charge in [0.25, 0.3) is 0 Å². The molecule has 108 valence electrons. The van der Waals surface area contributed by atoms with E-state index in [4.69, 9.17) is 16.3 Å². The van der Waals surface area contributed by atoms with Crippen LogP contribution in [0.2, 0.25) is 5.02 Å².